The highest BCUT2D eigenvalue weighted by molar-refractivity contribution is 5.79. The van der Waals surface area contributed by atoms with Gasteiger partial charge in [0.15, 0.2) is 5.96 Å². The first-order valence-corrected chi connectivity index (χ1v) is 10.6. The Morgan fingerprint density at radius 2 is 1.87 bits per heavy atom. The van der Waals surface area contributed by atoms with Gasteiger partial charge in [0.25, 0.3) is 0 Å². The molecule has 2 aromatic carbocycles. The molecule has 3 rings (SSSR count). The van der Waals surface area contributed by atoms with E-state index in [1.807, 2.05) is 6.92 Å². The summed E-state index contributed by atoms with van der Waals surface area (Å²) in [5.41, 5.74) is 3.42. The molecule has 0 aromatic heterocycles. The predicted molar refractivity (Wildman–Crippen MR) is 117 cm³/mol. The summed E-state index contributed by atoms with van der Waals surface area (Å²) in [6.45, 7) is 3.61. The average molecular weight is 433 g/mol. The van der Waals surface area contributed by atoms with E-state index in [2.05, 4.69) is 49.5 Å². The first-order valence-electron chi connectivity index (χ1n) is 10.6. The van der Waals surface area contributed by atoms with Crippen molar-refractivity contribution in [3.8, 4) is 5.75 Å². The van der Waals surface area contributed by atoms with Crippen LogP contribution in [-0.4, -0.2) is 55.3 Å². The molecule has 168 valence electrons. The fourth-order valence-electron chi connectivity index (χ4n) is 3.57. The summed E-state index contributed by atoms with van der Waals surface area (Å²) in [5, 5.41) is 16.9. The number of alkyl halides is 2. The lowest BCUT2D eigenvalue weighted by Gasteiger charge is -2.28. The molecular weight excluding hydrogens is 402 g/mol. The highest BCUT2D eigenvalue weighted by atomic mass is 19.3. The highest BCUT2D eigenvalue weighted by Gasteiger charge is 2.15. The summed E-state index contributed by atoms with van der Waals surface area (Å²) >= 11 is 0. The van der Waals surface area contributed by atoms with Crippen LogP contribution in [0.2, 0.25) is 0 Å². The molecule has 1 aliphatic heterocycles. The Morgan fingerprint density at radius 3 is 2.58 bits per heavy atom. The average Bonchev–Trinajstić information content (AvgIpc) is 2.77. The van der Waals surface area contributed by atoms with E-state index in [-0.39, 0.29) is 12.3 Å². The van der Waals surface area contributed by atoms with Crippen LogP contribution >= 0.6 is 0 Å². The van der Waals surface area contributed by atoms with Gasteiger partial charge in [0.05, 0.1) is 12.6 Å². The Balaban J connectivity index is 1.47. The number of guanidine groups is 1. The predicted octanol–water partition coefficient (Wildman–Crippen LogP) is 2.93. The summed E-state index contributed by atoms with van der Waals surface area (Å²) in [4.78, 5) is 6.87. The molecule has 6 nitrogen and oxygen atoms in total. The maximum absolute atomic E-state index is 12.2. The lowest BCUT2D eigenvalue weighted by Crippen LogP contribution is -2.42. The second kappa shape index (κ2) is 11.6. The molecule has 1 heterocycles. The number of ether oxygens (including phenoxy) is 1. The summed E-state index contributed by atoms with van der Waals surface area (Å²) in [6.07, 6.45) is 0.229. The maximum atomic E-state index is 12.2. The van der Waals surface area contributed by atoms with Crippen LogP contribution in [0.1, 0.15) is 29.7 Å². The van der Waals surface area contributed by atoms with Gasteiger partial charge < -0.3 is 20.5 Å². The minimum absolute atomic E-state index is 0.0600. The van der Waals surface area contributed by atoms with Crippen molar-refractivity contribution in [2.24, 2.45) is 4.99 Å². The largest absolute Gasteiger partial charge is 0.435 e. The van der Waals surface area contributed by atoms with Crippen molar-refractivity contribution >= 4 is 5.96 Å². The van der Waals surface area contributed by atoms with E-state index in [9.17, 15) is 13.9 Å². The maximum Gasteiger partial charge on any atom is 0.387 e. The van der Waals surface area contributed by atoms with Crippen LogP contribution in [0.3, 0.4) is 0 Å². The van der Waals surface area contributed by atoms with Gasteiger partial charge in [0.1, 0.15) is 5.75 Å². The van der Waals surface area contributed by atoms with Gasteiger partial charge in [-0.25, -0.2) is 0 Å². The molecule has 0 saturated heterocycles. The third kappa shape index (κ3) is 7.18. The van der Waals surface area contributed by atoms with Gasteiger partial charge in [-0.05, 0) is 42.2 Å². The number of rotatable bonds is 9. The van der Waals surface area contributed by atoms with Gasteiger partial charge >= 0.3 is 6.61 Å². The fraction of sp³-hybridized carbons (Fsp3) is 0.435. The number of hydrogen-bond donors (Lipinski definition) is 3. The molecule has 31 heavy (non-hydrogen) atoms. The van der Waals surface area contributed by atoms with Crippen LogP contribution in [0, 0.1) is 0 Å². The molecule has 1 atom stereocenters. The zero-order valence-corrected chi connectivity index (χ0v) is 17.7. The van der Waals surface area contributed by atoms with E-state index in [1.165, 1.54) is 23.3 Å². The van der Waals surface area contributed by atoms with Crippen LogP contribution in [0.15, 0.2) is 53.5 Å². The van der Waals surface area contributed by atoms with Crippen molar-refractivity contribution in [3.63, 3.8) is 0 Å². The molecular formula is C23H30F2N4O2. The third-order valence-electron chi connectivity index (χ3n) is 5.19. The Bertz CT molecular complexity index is 846. The zero-order valence-electron chi connectivity index (χ0n) is 17.7. The van der Waals surface area contributed by atoms with E-state index in [0.717, 1.165) is 32.6 Å². The van der Waals surface area contributed by atoms with Crippen LogP contribution < -0.4 is 15.4 Å². The molecule has 0 amide bonds. The number of aliphatic hydroxyl groups is 1. The molecule has 0 saturated carbocycles. The smallest absolute Gasteiger partial charge is 0.387 e. The molecule has 0 bridgehead atoms. The molecule has 1 unspecified atom stereocenters. The molecule has 0 spiro atoms. The van der Waals surface area contributed by atoms with Gasteiger partial charge in [-0.3, -0.25) is 9.89 Å². The number of hydrogen-bond acceptors (Lipinski definition) is 4. The molecule has 1 aliphatic rings. The van der Waals surface area contributed by atoms with E-state index in [1.54, 1.807) is 12.1 Å². The monoisotopic (exact) mass is 432 g/mol. The quantitative estimate of drug-likeness (QED) is 0.420. The summed E-state index contributed by atoms with van der Waals surface area (Å²) in [5.74, 6) is 0.696. The SMILES string of the molecule is CCNC(=NCC(O)c1ccc(OC(F)F)cc1)NCCN1CCc2ccccc2C1. The lowest BCUT2D eigenvalue weighted by atomic mass is 10.00. The second-order valence-electron chi connectivity index (χ2n) is 7.40. The molecule has 0 fully saturated rings. The van der Waals surface area contributed by atoms with Crippen molar-refractivity contribution in [2.75, 3.05) is 32.7 Å². The number of nitrogens with zero attached hydrogens (tertiary/aromatic N) is 2. The van der Waals surface area contributed by atoms with Gasteiger partial charge in [-0.2, -0.15) is 8.78 Å². The van der Waals surface area contributed by atoms with E-state index in [4.69, 9.17) is 0 Å². The first kappa shape index (κ1) is 23.0. The van der Waals surface area contributed by atoms with E-state index < -0.39 is 12.7 Å². The van der Waals surface area contributed by atoms with Crippen LogP contribution in [0.25, 0.3) is 0 Å². The van der Waals surface area contributed by atoms with Crippen LogP contribution in [-0.2, 0) is 13.0 Å². The number of halogens is 2. The molecule has 0 aliphatic carbocycles. The fourth-order valence-corrected chi connectivity index (χ4v) is 3.57. The number of nitrogens with one attached hydrogen (secondary N) is 2. The third-order valence-corrected chi connectivity index (χ3v) is 5.19. The Hall–Kier alpha value is -2.71. The normalized spacial score (nSPS) is 15.5. The first-order chi connectivity index (χ1) is 15.0. The highest BCUT2D eigenvalue weighted by Crippen LogP contribution is 2.20. The lowest BCUT2D eigenvalue weighted by molar-refractivity contribution is -0.0498. The van der Waals surface area contributed by atoms with Gasteiger partial charge in [0.2, 0.25) is 0 Å². The summed E-state index contributed by atoms with van der Waals surface area (Å²) in [6, 6.07) is 14.5. The van der Waals surface area contributed by atoms with Crippen molar-refractivity contribution < 1.29 is 18.6 Å². The van der Waals surface area contributed by atoms with Crippen molar-refractivity contribution in [1.82, 2.24) is 15.5 Å². The summed E-state index contributed by atoms with van der Waals surface area (Å²) < 4.78 is 28.8. The Kier molecular flexibility index (Phi) is 8.61. The van der Waals surface area contributed by atoms with Crippen molar-refractivity contribution in [1.29, 1.82) is 0 Å². The minimum atomic E-state index is -2.87. The van der Waals surface area contributed by atoms with Gasteiger partial charge in [-0.1, -0.05) is 36.4 Å². The van der Waals surface area contributed by atoms with Crippen molar-refractivity contribution in [3.05, 3.63) is 65.2 Å². The summed E-state index contributed by atoms with van der Waals surface area (Å²) in [7, 11) is 0. The van der Waals surface area contributed by atoms with E-state index >= 15 is 0 Å². The standard InChI is InChI=1S/C23H30F2N4O2/c1-2-26-23(27-12-14-29-13-11-17-5-3-4-6-19(17)16-29)28-15-21(30)18-7-9-20(10-8-18)31-22(24)25/h3-10,21-22,30H,2,11-16H2,1H3,(H2,26,27,28). The molecule has 2 aromatic rings. The number of benzene rings is 2. The Morgan fingerprint density at radius 1 is 1.13 bits per heavy atom. The molecule has 3 N–H and O–H groups in total. The topological polar surface area (TPSA) is 69.1 Å². The van der Waals surface area contributed by atoms with Crippen molar-refractivity contribution in [2.45, 2.75) is 32.6 Å². The number of aliphatic imine (C=N–C) groups is 1. The van der Waals surface area contributed by atoms with Gasteiger partial charge in [0, 0.05) is 32.7 Å². The number of fused-ring (bicyclic) bond motifs is 1. The van der Waals surface area contributed by atoms with E-state index in [0.29, 0.717) is 18.1 Å². The second-order valence-corrected chi connectivity index (χ2v) is 7.40. The number of aliphatic hydroxyl groups excluding tert-OH is 1. The zero-order chi connectivity index (χ0) is 22.1. The molecule has 8 heteroatoms. The van der Waals surface area contributed by atoms with Crippen LogP contribution in [0.5, 0.6) is 5.75 Å². The Labute approximate surface area is 181 Å². The van der Waals surface area contributed by atoms with Gasteiger partial charge in [-0.15, -0.1) is 0 Å². The minimum Gasteiger partial charge on any atom is -0.435 e. The van der Waals surface area contributed by atoms with Crippen LogP contribution in [0.4, 0.5) is 8.78 Å². The molecule has 0 radical (unpaired) electrons.